The lowest BCUT2D eigenvalue weighted by Crippen LogP contribution is -2.42. The van der Waals surface area contributed by atoms with E-state index in [1.807, 2.05) is 12.1 Å². The number of carbonyl (C=O) groups excluding carboxylic acids is 1. The second-order valence-corrected chi connectivity index (χ2v) is 7.08. The van der Waals surface area contributed by atoms with Gasteiger partial charge >= 0.3 is 0 Å². The molecule has 1 saturated heterocycles. The summed E-state index contributed by atoms with van der Waals surface area (Å²) >= 11 is 5.23. The summed E-state index contributed by atoms with van der Waals surface area (Å²) in [4.78, 5) is 13.1. The Bertz CT molecular complexity index is 418. The monoisotopic (exact) mass is 356 g/mol. The van der Waals surface area contributed by atoms with Crippen LogP contribution in [0.15, 0.2) is 33.6 Å². The van der Waals surface area contributed by atoms with E-state index in [2.05, 4.69) is 38.7 Å². The Morgan fingerprint density at radius 1 is 1.30 bits per heavy atom. The number of rotatable bonds is 6. The number of piperidine rings is 1. The average molecular weight is 357 g/mol. The predicted molar refractivity (Wildman–Crippen MR) is 88.1 cm³/mol. The molecule has 0 aromatic heterocycles. The lowest BCUT2D eigenvalue weighted by Gasteiger charge is -2.23. The zero-order chi connectivity index (χ0) is 14.2. The van der Waals surface area contributed by atoms with Crippen molar-refractivity contribution in [3.8, 4) is 0 Å². The number of hydrogen-bond acceptors (Lipinski definition) is 3. The summed E-state index contributed by atoms with van der Waals surface area (Å²) in [5, 5.41) is 6.43. The van der Waals surface area contributed by atoms with Crippen LogP contribution in [0.4, 0.5) is 0 Å². The number of carbonyl (C=O) groups is 1. The normalized spacial score (nSPS) is 16.1. The molecule has 110 valence electrons. The first-order chi connectivity index (χ1) is 9.74. The van der Waals surface area contributed by atoms with Gasteiger partial charge in [0.25, 0.3) is 0 Å². The van der Waals surface area contributed by atoms with Crippen molar-refractivity contribution in [1.82, 2.24) is 10.6 Å². The Hall–Kier alpha value is -0.520. The molecule has 1 aliphatic heterocycles. The van der Waals surface area contributed by atoms with Crippen LogP contribution in [-0.2, 0) is 4.79 Å². The van der Waals surface area contributed by atoms with Crippen molar-refractivity contribution < 1.29 is 4.79 Å². The van der Waals surface area contributed by atoms with Crippen LogP contribution in [0.5, 0.6) is 0 Å². The summed E-state index contributed by atoms with van der Waals surface area (Å²) in [5.74, 6) is 1.19. The van der Waals surface area contributed by atoms with Gasteiger partial charge in [0.15, 0.2) is 0 Å². The van der Waals surface area contributed by atoms with E-state index in [9.17, 15) is 4.79 Å². The molecule has 2 N–H and O–H groups in total. The lowest BCUT2D eigenvalue weighted by molar-refractivity contribution is -0.121. The molecule has 1 aromatic carbocycles. The summed E-state index contributed by atoms with van der Waals surface area (Å²) in [6, 6.07) is 8.68. The van der Waals surface area contributed by atoms with Crippen LogP contribution in [0.3, 0.4) is 0 Å². The minimum absolute atomic E-state index is 0.202. The maximum atomic E-state index is 11.8. The Kier molecular flexibility index (Phi) is 6.90. The van der Waals surface area contributed by atoms with Gasteiger partial charge in [-0.2, -0.15) is 0 Å². The number of amides is 1. The maximum Gasteiger partial charge on any atom is 0.220 e. The Balaban J connectivity index is 1.58. The lowest BCUT2D eigenvalue weighted by atomic mass is 10.1. The number of halogens is 1. The van der Waals surface area contributed by atoms with E-state index in [4.69, 9.17) is 0 Å². The molecule has 1 aliphatic rings. The van der Waals surface area contributed by atoms with Crippen molar-refractivity contribution in [3.05, 3.63) is 28.7 Å². The molecule has 0 unspecified atom stereocenters. The minimum atomic E-state index is 0.202. The minimum Gasteiger partial charge on any atom is -0.353 e. The third-order valence-corrected chi connectivity index (χ3v) is 4.96. The van der Waals surface area contributed by atoms with Gasteiger partial charge in [0.2, 0.25) is 5.91 Å². The van der Waals surface area contributed by atoms with Crippen LogP contribution in [0, 0.1) is 0 Å². The Labute approximate surface area is 133 Å². The number of nitrogens with one attached hydrogen (secondary N) is 2. The van der Waals surface area contributed by atoms with Gasteiger partial charge in [-0.15, -0.1) is 11.8 Å². The molecular formula is C15H21BrN2OS. The molecule has 3 nitrogen and oxygen atoms in total. The zero-order valence-electron chi connectivity index (χ0n) is 11.5. The quantitative estimate of drug-likeness (QED) is 0.607. The molecule has 1 fully saturated rings. The predicted octanol–water partition coefficient (Wildman–Crippen LogP) is 3.19. The van der Waals surface area contributed by atoms with Crippen LogP contribution in [0.1, 0.15) is 25.7 Å². The van der Waals surface area contributed by atoms with E-state index in [1.54, 1.807) is 11.8 Å². The van der Waals surface area contributed by atoms with Crippen LogP contribution in [0.25, 0.3) is 0 Å². The fourth-order valence-electron chi connectivity index (χ4n) is 2.22. The van der Waals surface area contributed by atoms with E-state index in [-0.39, 0.29) is 5.91 Å². The van der Waals surface area contributed by atoms with E-state index in [1.165, 1.54) is 4.90 Å². The molecule has 2 rings (SSSR count). The summed E-state index contributed by atoms with van der Waals surface area (Å²) in [7, 11) is 0. The van der Waals surface area contributed by atoms with Crippen molar-refractivity contribution in [2.24, 2.45) is 0 Å². The molecule has 1 amide bonds. The Morgan fingerprint density at radius 2 is 2.00 bits per heavy atom. The smallest absolute Gasteiger partial charge is 0.220 e. The highest BCUT2D eigenvalue weighted by Crippen LogP contribution is 2.21. The summed E-state index contributed by atoms with van der Waals surface area (Å²) in [6.07, 6.45) is 3.67. The molecule has 0 atom stereocenters. The highest BCUT2D eigenvalue weighted by Gasteiger charge is 2.14. The maximum absolute atomic E-state index is 11.8. The van der Waals surface area contributed by atoms with Crippen LogP contribution < -0.4 is 10.6 Å². The van der Waals surface area contributed by atoms with E-state index in [0.29, 0.717) is 12.5 Å². The second-order valence-electron chi connectivity index (χ2n) is 5.00. The fourth-order valence-corrected chi connectivity index (χ4v) is 3.34. The number of thioether (sulfide) groups is 1. The van der Waals surface area contributed by atoms with Gasteiger partial charge in [0, 0.05) is 21.8 Å². The molecule has 0 bridgehead atoms. The van der Waals surface area contributed by atoms with Crippen molar-refractivity contribution in [3.63, 3.8) is 0 Å². The van der Waals surface area contributed by atoms with E-state index < -0.39 is 0 Å². The van der Waals surface area contributed by atoms with Gasteiger partial charge in [0.1, 0.15) is 0 Å². The van der Waals surface area contributed by atoms with Crippen molar-refractivity contribution >= 4 is 33.6 Å². The summed E-state index contributed by atoms with van der Waals surface area (Å²) < 4.78 is 1.10. The molecule has 1 heterocycles. The largest absolute Gasteiger partial charge is 0.353 e. The SMILES string of the molecule is O=C(CCCSc1ccc(Br)cc1)NC1CCNCC1. The summed E-state index contributed by atoms with van der Waals surface area (Å²) in [5.41, 5.74) is 0. The van der Waals surface area contributed by atoms with Crippen LogP contribution >= 0.6 is 27.7 Å². The molecule has 20 heavy (non-hydrogen) atoms. The Morgan fingerprint density at radius 3 is 2.70 bits per heavy atom. The molecule has 1 aromatic rings. The van der Waals surface area contributed by atoms with Crippen LogP contribution in [0.2, 0.25) is 0 Å². The van der Waals surface area contributed by atoms with E-state index >= 15 is 0 Å². The van der Waals surface area contributed by atoms with Crippen molar-refractivity contribution in [2.45, 2.75) is 36.6 Å². The highest BCUT2D eigenvalue weighted by atomic mass is 79.9. The molecule has 0 aliphatic carbocycles. The van der Waals surface area contributed by atoms with Crippen molar-refractivity contribution in [1.29, 1.82) is 0 Å². The highest BCUT2D eigenvalue weighted by molar-refractivity contribution is 9.10. The molecule has 0 spiro atoms. The van der Waals surface area contributed by atoms with Gasteiger partial charge in [-0.3, -0.25) is 4.79 Å². The van der Waals surface area contributed by atoms with Gasteiger partial charge in [-0.05, 0) is 62.4 Å². The second kappa shape index (κ2) is 8.70. The summed E-state index contributed by atoms with van der Waals surface area (Å²) in [6.45, 7) is 2.04. The van der Waals surface area contributed by atoms with Crippen molar-refractivity contribution in [2.75, 3.05) is 18.8 Å². The average Bonchev–Trinajstić information content (AvgIpc) is 2.46. The van der Waals surface area contributed by atoms with Crippen LogP contribution in [-0.4, -0.2) is 30.8 Å². The topological polar surface area (TPSA) is 41.1 Å². The fraction of sp³-hybridized carbons (Fsp3) is 0.533. The molecule has 0 saturated carbocycles. The standard InChI is InChI=1S/C15H21BrN2OS/c16-12-3-5-14(6-4-12)20-11-1-2-15(19)18-13-7-9-17-10-8-13/h3-6,13,17H,1-2,7-11H2,(H,18,19). The third kappa shape index (κ3) is 5.85. The van der Waals surface area contributed by atoms with E-state index in [0.717, 1.165) is 42.6 Å². The first-order valence-electron chi connectivity index (χ1n) is 7.12. The van der Waals surface area contributed by atoms with Gasteiger partial charge < -0.3 is 10.6 Å². The zero-order valence-corrected chi connectivity index (χ0v) is 13.9. The number of benzene rings is 1. The first-order valence-corrected chi connectivity index (χ1v) is 8.90. The molecule has 5 heteroatoms. The first kappa shape index (κ1) is 15.9. The van der Waals surface area contributed by atoms with Gasteiger partial charge in [-0.1, -0.05) is 15.9 Å². The van der Waals surface area contributed by atoms with Gasteiger partial charge in [-0.25, -0.2) is 0 Å². The number of hydrogen-bond donors (Lipinski definition) is 2. The third-order valence-electron chi connectivity index (χ3n) is 3.33. The van der Waals surface area contributed by atoms with Gasteiger partial charge in [0.05, 0.1) is 0 Å². The molecular weight excluding hydrogens is 336 g/mol. The molecule has 0 radical (unpaired) electrons.